The largest absolute Gasteiger partial charge is 0.497 e. The van der Waals surface area contributed by atoms with Crippen LogP contribution in [0.4, 0.5) is 11.4 Å². The molecule has 2 aromatic carbocycles. The highest BCUT2D eigenvalue weighted by molar-refractivity contribution is 8.15. The van der Waals surface area contributed by atoms with Crippen molar-refractivity contribution in [2.24, 2.45) is 4.99 Å². The van der Waals surface area contributed by atoms with Crippen LogP contribution in [0.1, 0.15) is 10.4 Å². The van der Waals surface area contributed by atoms with E-state index in [-0.39, 0.29) is 28.7 Å². The van der Waals surface area contributed by atoms with Crippen LogP contribution in [0.2, 0.25) is 0 Å². The molecule has 1 saturated heterocycles. The Morgan fingerprint density at radius 3 is 2.64 bits per heavy atom. The number of hydrogen-bond acceptors (Lipinski definition) is 7. The number of anilines is 2. The number of aliphatic imine (C=N–C) groups is 1. The van der Waals surface area contributed by atoms with Crippen molar-refractivity contribution >= 4 is 44.0 Å². The fraction of sp³-hybridized carbons (Fsp3) is 0.263. The van der Waals surface area contributed by atoms with E-state index >= 15 is 0 Å². The van der Waals surface area contributed by atoms with Gasteiger partial charge in [0.05, 0.1) is 24.7 Å². The van der Waals surface area contributed by atoms with Crippen LogP contribution in [-0.4, -0.2) is 49.4 Å². The predicted molar refractivity (Wildman–Crippen MR) is 112 cm³/mol. The summed E-state index contributed by atoms with van der Waals surface area (Å²) in [6.45, 7) is 0. The lowest BCUT2D eigenvalue weighted by Gasteiger charge is -2.10. The zero-order valence-corrected chi connectivity index (χ0v) is 16.7. The Morgan fingerprint density at radius 2 is 1.93 bits per heavy atom. The number of hydrogen-bond donors (Lipinski definition) is 2. The first kappa shape index (κ1) is 18.8. The zero-order chi connectivity index (χ0) is 19.7. The minimum absolute atomic E-state index is 0.0194. The summed E-state index contributed by atoms with van der Waals surface area (Å²) in [5.74, 6) is 0.774. The van der Waals surface area contributed by atoms with E-state index in [2.05, 4.69) is 15.6 Å². The van der Waals surface area contributed by atoms with Gasteiger partial charge >= 0.3 is 0 Å². The molecule has 146 valence electrons. The van der Waals surface area contributed by atoms with Gasteiger partial charge in [-0.25, -0.2) is 8.42 Å². The Balaban J connectivity index is 1.42. The Bertz CT molecular complexity index is 1040. The van der Waals surface area contributed by atoms with Crippen molar-refractivity contribution in [3.63, 3.8) is 0 Å². The smallest absolute Gasteiger partial charge is 0.255 e. The zero-order valence-electron chi connectivity index (χ0n) is 15.1. The lowest BCUT2D eigenvalue weighted by atomic mass is 10.2. The molecule has 4 rings (SSSR count). The van der Waals surface area contributed by atoms with Crippen molar-refractivity contribution in [1.29, 1.82) is 0 Å². The maximum absolute atomic E-state index is 12.5. The highest BCUT2D eigenvalue weighted by Crippen LogP contribution is 2.34. The molecule has 0 aromatic heterocycles. The highest BCUT2D eigenvalue weighted by Gasteiger charge is 2.42. The van der Waals surface area contributed by atoms with Gasteiger partial charge in [-0.2, -0.15) is 0 Å². The van der Waals surface area contributed by atoms with E-state index in [1.807, 2.05) is 6.07 Å². The number of carbonyl (C=O) groups is 1. The van der Waals surface area contributed by atoms with Crippen LogP contribution in [-0.2, 0) is 9.84 Å². The van der Waals surface area contributed by atoms with Crippen molar-refractivity contribution in [3.05, 3.63) is 54.1 Å². The van der Waals surface area contributed by atoms with E-state index in [4.69, 9.17) is 4.74 Å². The fourth-order valence-electron chi connectivity index (χ4n) is 3.16. The molecule has 0 saturated carbocycles. The van der Waals surface area contributed by atoms with Gasteiger partial charge in [0.2, 0.25) is 0 Å². The molecular weight excluding hydrogens is 398 g/mol. The van der Waals surface area contributed by atoms with Gasteiger partial charge in [0.25, 0.3) is 5.91 Å². The summed E-state index contributed by atoms with van der Waals surface area (Å²) < 4.78 is 28.4. The van der Waals surface area contributed by atoms with Crippen molar-refractivity contribution < 1.29 is 17.9 Å². The molecular formula is C19H19N3O4S2. The molecule has 0 aliphatic carbocycles. The summed E-state index contributed by atoms with van der Waals surface area (Å²) in [5, 5.41) is 6.71. The number of fused-ring (bicyclic) bond motifs is 1. The molecule has 0 radical (unpaired) electrons. The van der Waals surface area contributed by atoms with E-state index in [0.29, 0.717) is 16.4 Å². The van der Waals surface area contributed by atoms with Crippen molar-refractivity contribution in [1.82, 2.24) is 0 Å². The molecule has 28 heavy (non-hydrogen) atoms. The summed E-state index contributed by atoms with van der Waals surface area (Å²) in [6, 6.07) is 14.0. The van der Waals surface area contributed by atoms with Crippen LogP contribution in [0.25, 0.3) is 0 Å². The molecule has 1 amide bonds. The number of thioether (sulfide) groups is 1. The standard InChI is InChI=1S/C19H19N3O4S2/c1-26-15-7-5-13(6-8-15)20-18(23)12-3-2-4-14(9-12)21-19-22-16-10-28(24,25)11-17(16)27-19/h2-9,16-17H,10-11H2,1H3,(H,20,23)(H,21,22)/t16-,17-/m1/s1. The van der Waals surface area contributed by atoms with Gasteiger partial charge in [0.1, 0.15) is 5.75 Å². The number of benzene rings is 2. The van der Waals surface area contributed by atoms with Crippen LogP contribution in [0, 0.1) is 0 Å². The Labute approximate surface area is 167 Å². The summed E-state index contributed by atoms with van der Waals surface area (Å²) in [7, 11) is -1.38. The monoisotopic (exact) mass is 417 g/mol. The summed E-state index contributed by atoms with van der Waals surface area (Å²) in [5.41, 5.74) is 1.91. The highest BCUT2D eigenvalue weighted by atomic mass is 32.2. The van der Waals surface area contributed by atoms with Gasteiger partial charge in [-0.1, -0.05) is 17.8 Å². The second kappa shape index (κ2) is 7.48. The van der Waals surface area contributed by atoms with Crippen LogP contribution in [0.5, 0.6) is 5.75 Å². The topological polar surface area (TPSA) is 96.9 Å². The third-order valence-corrected chi connectivity index (χ3v) is 7.68. The van der Waals surface area contributed by atoms with Gasteiger partial charge in [-0.05, 0) is 42.5 Å². The molecule has 0 bridgehead atoms. The molecule has 2 atom stereocenters. The molecule has 0 spiro atoms. The third-order valence-electron chi connectivity index (χ3n) is 4.54. The first-order valence-electron chi connectivity index (χ1n) is 8.69. The summed E-state index contributed by atoms with van der Waals surface area (Å²) in [6.07, 6.45) is 0. The first-order chi connectivity index (χ1) is 13.4. The molecule has 2 aliphatic rings. The van der Waals surface area contributed by atoms with Gasteiger partial charge < -0.3 is 15.4 Å². The summed E-state index contributed by atoms with van der Waals surface area (Å²) >= 11 is 1.45. The van der Waals surface area contributed by atoms with Crippen molar-refractivity contribution in [2.45, 2.75) is 11.3 Å². The SMILES string of the molecule is COc1ccc(NC(=O)c2cccc(NC3=N[C@@H]4CS(=O)(=O)C[C@H]4S3)c2)cc1. The normalized spacial score (nSPS) is 22.2. The van der Waals surface area contributed by atoms with E-state index < -0.39 is 9.84 Å². The van der Waals surface area contributed by atoms with Crippen molar-refractivity contribution in [2.75, 3.05) is 29.2 Å². The number of amidine groups is 1. The Morgan fingerprint density at radius 1 is 1.14 bits per heavy atom. The maximum atomic E-state index is 12.5. The second-order valence-electron chi connectivity index (χ2n) is 6.62. The van der Waals surface area contributed by atoms with Crippen LogP contribution in [0.3, 0.4) is 0 Å². The molecule has 2 heterocycles. The van der Waals surface area contributed by atoms with Crippen LogP contribution < -0.4 is 15.4 Å². The average Bonchev–Trinajstić information content (AvgIpc) is 3.15. The fourth-order valence-corrected chi connectivity index (χ4v) is 6.83. The third kappa shape index (κ3) is 4.15. The number of carbonyl (C=O) groups excluding carboxylic acids is 1. The lowest BCUT2D eigenvalue weighted by molar-refractivity contribution is 0.102. The molecule has 2 aliphatic heterocycles. The number of amides is 1. The quantitative estimate of drug-likeness (QED) is 0.794. The summed E-state index contributed by atoms with van der Waals surface area (Å²) in [4.78, 5) is 17.0. The minimum Gasteiger partial charge on any atom is -0.497 e. The molecule has 7 nitrogen and oxygen atoms in total. The van der Waals surface area contributed by atoms with Crippen molar-refractivity contribution in [3.8, 4) is 5.75 Å². The maximum Gasteiger partial charge on any atom is 0.255 e. The van der Waals surface area contributed by atoms with Gasteiger partial charge in [0.15, 0.2) is 15.0 Å². The van der Waals surface area contributed by atoms with Crippen LogP contribution >= 0.6 is 11.8 Å². The number of nitrogens with zero attached hydrogens (tertiary/aromatic N) is 1. The minimum atomic E-state index is -2.97. The number of rotatable bonds is 4. The Hall–Kier alpha value is -2.52. The number of methoxy groups -OCH3 is 1. The van der Waals surface area contributed by atoms with Gasteiger partial charge in [-0.15, -0.1) is 0 Å². The Kier molecular flexibility index (Phi) is 5.03. The van der Waals surface area contributed by atoms with E-state index in [0.717, 1.165) is 11.4 Å². The van der Waals surface area contributed by atoms with E-state index in [1.165, 1.54) is 11.8 Å². The molecule has 1 fully saturated rings. The lowest BCUT2D eigenvalue weighted by Crippen LogP contribution is -2.14. The molecule has 2 N–H and O–H groups in total. The molecule has 9 heteroatoms. The number of nitrogens with one attached hydrogen (secondary N) is 2. The van der Waals surface area contributed by atoms with Crippen LogP contribution in [0.15, 0.2) is 53.5 Å². The van der Waals surface area contributed by atoms with Gasteiger partial charge in [0, 0.05) is 22.2 Å². The molecule has 0 unspecified atom stereocenters. The number of ether oxygens (including phenoxy) is 1. The van der Waals surface area contributed by atoms with Gasteiger partial charge in [-0.3, -0.25) is 9.79 Å². The second-order valence-corrected chi connectivity index (χ2v) is 10.0. The van der Waals surface area contributed by atoms with E-state index in [9.17, 15) is 13.2 Å². The average molecular weight is 418 g/mol. The van der Waals surface area contributed by atoms with E-state index in [1.54, 1.807) is 49.6 Å². The number of sulfone groups is 1. The first-order valence-corrected chi connectivity index (χ1v) is 11.4. The predicted octanol–water partition coefficient (Wildman–Crippen LogP) is 2.63. The molecule has 2 aromatic rings.